The predicted octanol–water partition coefficient (Wildman–Crippen LogP) is 2.57. The van der Waals surface area contributed by atoms with E-state index in [0.717, 1.165) is 18.1 Å². The van der Waals surface area contributed by atoms with Gasteiger partial charge in [-0.1, -0.05) is 6.07 Å². The van der Waals surface area contributed by atoms with Crippen molar-refractivity contribution in [1.29, 1.82) is 0 Å². The zero-order chi connectivity index (χ0) is 15.1. The molecule has 2 aromatic heterocycles. The quantitative estimate of drug-likeness (QED) is 0.885. The molecule has 5 heteroatoms. The van der Waals surface area contributed by atoms with Gasteiger partial charge in [-0.3, -0.25) is 9.78 Å². The van der Waals surface area contributed by atoms with E-state index < -0.39 is 0 Å². The van der Waals surface area contributed by atoms with Gasteiger partial charge in [-0.15, -0.1) is 0 Å². The first-order valence-electron chi connectivity index (χ1n) is 7.13. The van der Waals surface area contributed by atoms with E-state index in [0.29, 0.717) is 18.7 Å². The number of nitrogens with one attached hydrogen (secondary N) is 1. The number of hydrogen-bond acceptors (Lipinski definition) is 4. The van der Waals surface area contributed by atoms with Crippen LogP contribution in [0.25, 0.3) is 0 Å². The van der Waals surface area contributed by atoms with Crippen molar-refractivity contribution in [3.8, 4) is 0 Å². The van der Waals surface area contributed by atoms with Gasteiger partial charge in [0.25, 0.3) is 5.91 Å². The number of hydrogen-bond donors (Lipinski definition) is 1. The van der Waals surface area contributed by atoms with Gasteiger partial charge in [-0.2, -0.15) is 0 Å². The minimum absolute atomic E-state index is 0.0290. The van der Waals surface area contributed by atoms with E-state index in [1.54, 1.807) is 23.4 Å². The molecular formula is C16H20N4O. The second-order valence-electron chi connectivity index (χ2n) is 4.60. The molecule has 2 rings (SSSR count). The zero-order valence-electron chi connectivity index (χ0n) is 12.4. The summed E-state index contributed by atoms with van der Waals surface area (Å²) in [4.78, 5) is 22.7. The molecule has 1 amide bonds. The fourth-order valence-electron chi connectivity index (χ4n) is 2.00. The Bertz CT molecular complexity index is 569. The first kappa shape index (κ1) is 15.0. The Hall–Kier alpha value is -2.43. The molecule has 0 fully saturated rings. The molecule has 110 valence electrons. The number of pyridine rings is 2. The maximum atomic E-state index is 12.5. The third kappa shape index (κ3) is 4.02. The van der Waals surface area contributed by atoms with Crippen LogP contribution in [-0.2, 0) is 6.54 Å². The Labute approximate surface area is 125 Å². The molecule has 0 aromatic carbocycles. The number of carbonyl (C=O) groups excluding carboxylic acids is 1. The summed E-state index contributed by atoms with van der Waals surface area (Å²) >= 11 is 0. The maximum Gasteiger partial charge on any atom is 0.255 e. The molecule has 0 aliphatic carbocycles. The monoisotopic (exact) mass is 284 g/mol. The van der Waals surface area contributed by atoms with Crippen LogP contribution >= 0.6 is 0 Å². The highest BCUT2D eigenvalue weighted by molar-refractivity contribution is 5.94. The fourth-order valence-corrected chi connectivity index (χ4v) is 2.00. The lowest BCUT2D eigenvalue weighted by Crippen LogP contribution is -2.30. The minimum Gasteiger partial charge on any atom is -0.370 e. The summed E-state index contributed by atoms with van der Waals surface area (Å²) in [5.74, 6) is 0.750. The maximum absolute atomic E-state index is 12.5. The number of aromatic nitrogens is 2. The predicted molar refractivity (Wildman–Crippen MR) is 83.1 cm³/mol. The van der Waals surface area contributed by atoms with Crippen LogP contribution in [0.15, 0.2) is 42.7 Å². The van der Waals surface area contributed by atoms with Crippen molar-refractivity contribution in [3.05, 3.63) is 54.0 Å². The molecular weight excluding hydrogens is 264 g/mol. The smallest absolute Gasteiger partial charge is 0.255 e. The van der Waals surface area contributed by atoms with E-state index >= 15 is 0 Å². The second-order valence-corrected chi connectivity index (χ2v) is 4.60. The van der Waals surface area contributed by atoms with Gasteiger partial charge < -0.3 is 10.2 Å². The Morgan fingerprint density at radius 2 is 2.05 bits per heavy atom. The largest absolute Gasteiger partial charge is 0.370 e. The minimum atomic E-state index is -0.0290. The molecule has 1 N–H and O–H groups in total. The SMILES string of the molecule is CCNc1ccc(C(=O)N(CC)Cc2ccccn2)cn1. The van der Waals surface area contributed by atoms with E-state index in [1.807, 2.05) is 38.1 Å². The van der Waals surface area contributed by atoms with Crippen LogP contribution in [0, 0.1) is 0 Å². The van der Waals surface area contributed by atoms with Crippen LogP contribution in [0.3, 0.4) is 0 Å². The van der Waals surface area contributed by atoms with E-state index in [9.17, 15) is 4.79 Å². The lowest BCUT2D eigenvalue weighted by molar-refractivity contribution is 0.0750. The number of anilines is 1. The second kappa shape index (κ2) is 7.38. The average molecular weight is 284 g/mol. The highest BCUT2D eigenvalue weighted by Crippen LogP contribution is 2.10. The number of amides is 1. The fraction of sp³-hybridized carbons (Fsp3) is 0.312. The summed E-state index contributed by atoms with van der Waals surface area (Å²) in [5.41, 5.74) is 1.47. The Balaban J connectivity index is 2.08. The molecule has 0 aliphatic heterocycles. The van der Waals surface area contributed by atoms with Crippen LogP contribution in [0.2, 0.25) is 0 Å². The van der Waals surface area contributed by atoms with Gasteiger partial charge in [0, 0.05) is 25.5 Å². The van der Waals surface area contributed by atoms with Gasteiger partial charge in [0.15, 0.2) is 0 Å². The van der Waals surface area contributed by atoms with Gasteiger partial charge in [0.2, 0.25) is 0 Å². The summed E-state index contributed by atoms with van der Waals surface area (Å²) in [6.07, 6.45) is 3.35. The highest BCUT2D eigenvalue weighted by Gasteiger charge is 2.15. The van der Waals surface area contributed by atoms with Crippen molar-refractivity contribution in [1.82, 2.24) is 14.9 Å². The Kier molecular flexibility index (Phi) is 5.26. The van der Waals surface area contributed by atoms with Gasteiger partial charge in [-0.05, 0) is 38.1 Å². The standard InChI is InChI=1S/C16H20N4O/c1-3-17-15-9-8-13(11-19-15)16(21)20(4-2)12-14-7-5-6-10-18-14/h5-11H,3-4,12H2,1-2H3,(H,17,19). The lowest BCUT2D eigenvalue weighted by Gasteiger charge is -2.20. The molecule has 0 spiro atoms. The first-order chi connectivity index (χ1) is 10.2. The Morgan fingerprint density at radius 1 is 1.19 bits per heavy atom. The van der Waals surface area contributed by atoms with Crippen LogP contribution in [0.4, 0.5) is 5.82 Å². The molecule has 0 bridgehead atoms. The van der Waals surface area contributed by atoms with Crippen LogP contribution in [0.5, 0.6) is 0 Å². The molecule has 5 nitrogen and oxygen atoms in total. The summed E-state index contributed by atoms with van der Waals surface area (Å²) in [6.45, 7) is 5.91. The third-order valence-electron chi connectivity index (χ3n) is 3.12. The van der Waals surface area contributed by atoms with Crippen molar-refractivity contribution in [3.63, 3.8) is 0 Å². The first-order valence-corrected chi connectivity index (χ1v) is 7.13. The highest BCUT2D eigenvalue weighted by atomic mass is 16.2. The van der Waals surface area contributed by atoms with Crippen molar-refractivity contribution in [2.75, 3.05) is 18.4 Å². The molecule has 0 radical (unpaired) electrons. The average Bonchev–Trinajstić information content (AvgIpc) is 2.54. The molecule has 0 saturated carbocycles. The number of rotatable bonds is 6. The van der Waals surface area contributed by atoms with Gasteiger partial charge in [0.05, 0.1) is 17.8 Å². The van der Waals surface area contributed by atoms with Gasteiger partial charge in [0.1, 0.15) is 5.82 Å². The molecule has 2 aromatic rings. The van der Waals surface area contributed by atoms with Crippen molar-refractivity contribution in [2.45, 2.75) is 20.4 Å². The summed E-state index contributed by atoms with van der Waals surface area (Å²) in [7, 11) is 0. The molecule has 0 aliphatic rings. The van der Waals surface area contributed by atoms with E-state index in [1.165, 1.54) is 0 Å². The lowest BCUT2D eigenvalue weighted by atomic mass is 10.2. The van der Waals surface area contributed by atoms with Crippen molar-refractivity contribution < 1.29 is 4.79 Å². The van der Waals surface area contributed by atoms with E-state index in [-0.39, 0.29) is 5.91 Å². The number of nitrogens with zero attached hydrogens (tertiary/aromatic N) is 3. The normalized spacial score (nSPS) is 10.2. The van der Waals surface area contributed by atoms with Crippen LogP contribution < -0.4 is 5.32 Å². The van der Waals surface area contributed by atoms with Gasteiger partial charge >= 0.3 is 0 Å². The summed E-state index contributed by atoms with van der Waals surface area (Å²) in [5, 5.41) is 3.11. The topological polar surface area (TPSA) is 58.1 Å². The Morgan fingerprint density at radius 3 is 2.62 bits per heavy atom. The zero-order valence-corrected chi connectivity index (χ0v) is 12.4. The summed E-state index contributed by atoms with van der Waals surface area (Å²) < 4.78 is 0. The molecule has 2 heterocycles. The molecule has 21 heavy (non-hydrogen) atoms. The van der Waals surface area contributed by atoms with E-state index in [2.05, 4.69) is 15.3 Å². The van der Waals surface area contributed by atoms with E-state index in [4.69, 9.17) is 0 Å². The third-order valence-corrected chi connectivity index (χ3v) is 3.12. The van der Waals surface area contributed by atoms with Crippen molar-refractivity contribution in [2.24, 2.45) is 0 Å². The molecule has 0 unspecified atom stereocenters. The van der Waals surface area contributed by atoms with Crippen LogP contribution in [-0.4, -0.2) is 33.9 Å². The molecule has 0 saturated heterocycles. The van der Waals surface area contributed by atoms with Crippen LogP contribution in [0.1, 0.15) is 29.9 Å². The molecule has 0 atom stereocenters. The van der Waals surface area contributed by atoms with Gasteiger partial charge in [-0.25, -0.2) is 4.98 Å². The number of carbonyl (C=O) groups is 1. The summed E-state index contributed by atoms with van der Waals surface area (Å²) in [6, 6.07) is 9.33. The van der Waals surface area contributed by atoms with Crippen molar-refractivity contribution >= 4 is 11.7 Å².